The summed E-state index contributed by atoms with van der Waals surface area (Å²) in [6.07, 6.45) is 4.99. The fraction of sp³-hybridized carbons (Fsp3) is 0.531. The Labute approximate surface area is 233 Å². The number of aliphatic hydroxyl groups is 2. The van der Waals surface area contributed by atoms with Gasteiger partial charge in [-0.15, -0.1) is 0 Å². The fourth-order valence-electron chi connectivity index (χ4n) is 8.89. The van der Waals surface area contributed by atoms with E-state index in [2.05, 4.69) is 5.10 Å². The first kappa shape index (κ1) is 27.1. The van der Waals surface area contributed by atoms with Gasteiger partial charge < -0.3 is 14.9 Å². The lowest BCUT2D eigenvalue weighted by atomic mass is 9.44. The van der Waals surface area contributed by atoms with Crippen molar-refractivity contribution in [3.8, 4) is 5.69 Å². The number of alkyl halides is 1. The standard InChI is InChI=1S/C32H37FN2O5/c1-18-11-25-24-12-19(2)32(39,28(38)17-40-20(3)36)30(24,5)15-27(37)31(25,33)29(4)14-21-16-34-35(26(21)13-23(18)29)22-9-7-6-8-10-22/h6-11,13,16,19,24-25,27,37,39H,12,14-15,17H2,1-5H3/t19-,24+,25-,27+,29-,30-,31+,32+/m0/s1. The van der Waals surface area contributed by atoms with Gasteiger partial charge in [-0.25, -0.2) is 9.07 Å². The summed E-state index contributed by atoms with van der Waals surface area (Å²) < 4.78 is 24.8. The van der Waals surface area contributed by atoms with Crippen molar-refractivity contribution in [3.05, 3.63) is 65.0 Å². The van der Waals surface area contributed by atoms with E-state index in [0.29, 0.717) is 12.8 Å². The van der Waals surface area contributed by atoms with Gasteiger partial charge in [0.1, 0.15) is 5.60 Å². The Morgan fingerprint density at radius 2 is 1.93 bits per heavy atom. The Hall–Kier alpha value is -3.10. The highest BCUT2D eigenvalue weighted by Gasteiger charge is 2.75. The first-order valence-electron chi connectivity index (χ1n) is 14.1. The molecular formula is C32H37FN2O5. The Morgan fingerprint density at radius 1 is 1.23 bits per heavy atom. The van der Waals surface area contributed by atoms with E-state index in [-0.39, 0.29) is 6.42 Å². The Kier molecular flexibility index (Phi) is 5.89. The molecule has 2 fully saturated rings. The van der Waals surface area contributed by atoms with Crippen molar-refractivity contribution in [1.29, 1.82) is 0 Å². The fourth-order valence-corrected chi connectivity index (χ4v) is 8.89. The van der Waals surface area contributed by atoms with Gasteiger partial charge in [-0.3, -0.25) is 9.59 Å². The molecule has 7 nitrogen and oxygen atoms in total. The first-order chi connectivity index (χ1) is 18.8. The molecule has 1 aromatic heterocycles. The zero-order valence-corrected chi connectivity index (χ0v) is 23.6. The van der Waals surface area contributed by atoms with Gasteiger partial charge in [0.15, 0.2) is 12.3 Å². The van der Waals surface area contributed by atoms with Crippen LogP contribution < -0.4 is 0 Å². The number of ketones is 1. The molecule has 0 spiro atoms. The minimum atomic E-state index is -2.03. The SMILES string of the molecule is CC(=O)OCC(=O)[C@]1(O)[C@@H](C)C[C@@H]2[C@@H]3C=C(C)C4=Cc5c(cnn5-c5ccccc5)C[C@]4(C)[C@]3(F)[C@H](O)C[C@@]21C. The van der Waals surface area contributed by atoms with E-state index in [0.717, 1.165) is 28.1 Å². The Morgan fingerprint density at radius 3 is 2.60 bits per heavy atom. The van der Waals surface area contributed by atoms with E-state index in [1.54, 1.807) is 20.0 Å². The number of esters is 1. The summed E-state index contributed by atoms with van der Waals surface area (Å²) >= 11 is 0. The molecule has 0 unspecified atom stereocenters. The predicted octanol–water partition coefficient (Wildman–Crippen LogP) is 4.39. The Balaban J connectivity index is 1.45. The molecule has 8 atom stereocenters. The molecule has 2 saturated carbocycles. The van der Waals surface area contributed by atoms with Gasteiger partial charge in [0.25, 0.3) is 0 Å². The van der Waals surface area contributed by atoms with Crippen molar-refractivity contribution in [2.45, 2.75) is 71.3 Å². The molecule has 1 aromatic carbocycles. The molecule has 6 rings (SSSR count). The van der Waals surface area contributed by atoms with Gasteiger partial charge in [0.2, 0.25) is 5.78 Å². The second kappa shape index (κ2) is 8.70. The molecule has 2 aromatic rings. The van der Waals surface area contributed by atoms with Gasteiger partial charge in [0.05, 0.1) is 23.7 Å². The van der Waals surface area contributed by atoms with Gasteiger partial charge >= 0.3 is 5.97 Å². The number of nitrogens with zero attached hydrogens (tertiary/aromatic N) is 2. The monoisotopic (exact) mass is 548 g/mol. The lowest BCUT2D eigenvalue weighted by Crippen LogP contribution is -2.69. The van der Waals surface area contributed by atoms with E-state index in [1.807, 2.05) is 61.0 Å². The molecule has 0 saturated heterocycles. The van der Waals surface area contributed by atoms with Crippen LogP contribution in [-0.2, 0) is 20.7 Å². The third-order valence-electron chi connectivity index (χ3n) is 10.9. The van der Waals surface area contributed by atoms with Crippen LogP contribution in [0.1, 0.15) is 58.7 Å². The minimum absolute atomic E-state index is 0.0801. The van der Waals surface area contributed by atoms with Gasteiger partial charge in [-0.2, -0.15) is 5.10 Å². The van der Waals surface area contributed by atoms with Crippen molar-refractivity contribution in [2.24, 2.45) is 28.6 Å². The molecule has 1 heterocycles. The lowest BCUT2D eigenvalue weighted by Gasteiger charge is -2.62. The largest absolute Gasteiger partial charge is 0.458 e. The molecule has 0 amide bonds. The second-order valence-electron chi connectivity index (χ2n) is 12.9. The average molecular weight is 549 g/mol. The number of allylic oxidation sites excluding steroid dienone is 3. The normalized spacial score (nSPS) is 39.7. The molecule has 4 aliphatic carbocycles. The number of fused-ring (bicyclic) bond motifs is 6. The molecular weight excluding hydrogens is 511 g/mol. The lowest BCUT2D eigenvalue weighted by molar-refractivity contribution is -0.212. The number of carbonyl (C=O) groups is 2. The summed E-state index contributed by atoms with van der Waals surface area (Å²) in [7, 11) is 0. The molecule has 2 N–H and O–H groups in total. The summed E-state index contributed by atoms with van der Waals surface area (Å²) in [6, 6.07) is 9.81. The van der Waals surface area contributed by atoms with Crippen LogP contribution in [-0.4, -0.2) is 55.7 Å². The zero-order valence-electron chi connectivity index (χ0n) is 23.6. The van der Waals surface area contributed by atoms with Crippen molar-refractivity contribution in [1.82, 2.24) is 9.78 Å². The minimum Gasteiger partial charge on any atom is -0.458 e. The predicted molar refractivity (Wildman–Crippen MR) is 147 cm³/mol. The number of hydrogen-bond donors (Lipinski definition) is 2. The molecule has 0 bridgehead atoms. The average Bonchev–Trinajstić information content (AvgIpc) is 3.40. The number of aromatic nitrogens is 2. The number of hydrogen-bond acceptors (Lipinski definition) is 6. The van der Waals surface area contributed by atoms with E-state index in [4.69, 9.17) is 4.74 Å². The number of para-hydroxylation sites is 1. The first-order valence-corrected chi connectivity index (χ1v) is 14.1. The van der Waals surface area contributed by atoms with Crippen LogP contribution >= 0.6 is 0 Å². The highest BCUT2D eigenvalue weighted by molar-refractivity contribution is 5.91. The maximum atomic E-state index is 18.0. The van der Waals surface area contributed by atoms with Crippen LogP contribution in [0.5, 0.6) is 0 Å². The van der Waals surface area contributed by atoms with Gasteiger partial charge in [-0.05, 0) is 67.4 Å². The highest BCUT2D eigenvalue weighted by Crippen LogP contribution is 2.70. The van der Waals surface area contributed by atoms with Gasteiger partial charge in [0, 0.05) is 23.7 Å². The van der Waals surface area contributed by atoms with E-state index in [1.165, 1.54) is 6.92 Å². The van der Waals surface area contributed by atoms with Crippen LogP contribution in [0.3, 0.4) is 0 Å². The maximum absolute atomic E-state index is 18.0. The third-order valence-corrected chi connectivity index (χ3v) is 10.9. The van der Waals surface area contributed by atoms with Crippen molar-refractivity contribution in [3.63, 3.8) is 0 Å². The van der Waals surface area contributed by atoms with Crippen LogP contribution in [0.2, 0.25) is 0 Å². The molecule has 0 aliphatic heterocycles. The van der Waals surface area contributed by atoms with E-state index < -0.39 is 64.3 Å². The van der Waals surface area contributed by atoms with Gasteiger partial charge in [-0.1, -0.05) is 50.6 Å². The number of ether oxygens (including phenoxy) is 1. The summed E-state index contributed by atoms with van der Waals surface area (Å²) in [5.41, 5.74) is -1.53. The van der Waals surface area contributed by atoms with E-state index in [9.17, 15) is 19.8 Å². The molecule has 8 heteroatoms. The quantitative estimate of drug-likeness (QED) is 0.550. The van der Waals surface area contributed by atoms with Crippen molar-refractivity contribution >= 4 is 17.8 Å². The third kappa shape index (κ3) is 3.26. The van der Waals surface area contributed by atoms with Crippen LogP contribution in [0.15, 0.2) is 53.8 Å². The summed E-state index contributed by atoms with van der Waals surface area (Å²) in [5, 5.41) is 28.4. The number of benzene rings is 1. The van der Waals surface area contributed by atoms with Crippen LogP contribution in [0.4, 0.5) is 4.39 Å². The maximum Gasteiger partial charge on any atom is 0.303 e. The summed E-state index contributed by atoms with van der Waals surface area (Å²) in [4.78, 5) is 24.8. The molecule has 40 heavy (non-hydrogen) atoms. The zero-order chi connectivity index (χ0) is 28.8. The molecule has 4 aliphatic rings. The smallest absolute Gasteiger partial charge is 0.303 e. The topological polar surface area (TPSA) is 102 Å². The summed E-state index contributed by atoms with van der Waals surface area (Å²) in [6.45, 7) is 8.12. The second-order valence-corrected chi connectivity index (χ2v) is 12.9. The van der Waals surface area contributed by atoms with Crippen molar-refractivity contribution in [2.75, 3.05) is 6.61 Å². The number of carbonyl (C=O) groups excluding carboxylic acids is 2. The number of halogens is 1. The molecule has 212 valence electrons. The molecule has 0 radical (unpaired) electrons. The highest BCUT2D eigenvalue weighted by atomic mass is 19.1. The summed E-state index contributed by atoms with van der Waals surface area (Å²) in [5.74, 6) is -2.82. The Bertz CT molecular complexity index is 1460. The number of rotatable bonds is 4. The van der Waals surface area contributed by atoms with Crippen molar-refractivity contribution < 1.29 is 28.9 Å². The number of Topliss-reactive ketones (excluding diaryl/α,β-unsaturated/α-hetero) is 1. The van der Waals surface area contributed by atoms with Crippen LogP contribution in [0, 0.1) is 28.6 Å². The number of aliphatic hydroxyl groups excluding tert-OH is 1. The van der Waals surface area contributed by atoms with Crippen LogP contribution in [0.25, 0.3) is 11.8 Å². The van der Waals surface area contributed by atoms with E-state index >= 15 is 4.39 Å².